The van der Waals surface area contributed by atoms with Crippen molar-refractivity contribution in [3.8, 4) is 0 Å². The smallest absolute Gasteiger partial charge is 0.540 e. The Hall–Kier alpha value is -0.190. The molecule has 3 nitrogen and oxygen atoms in total. The molecule has 0 radical (unpaired) electrons. The zero-order chi connectivity index (χ0) is 16.1. The Kier molecular flexibility index (Phi) is 9.02. The molecule has 1 N–H and O–H groups in total. The van der Waals surface area contributed by atoms with Crippen LogP contribution >= 0.6 is 11.6 Å². The molecule has 1 aromatic carbocycles. The van der Waals surface area contributed by atoms with Gasteiger partial charge in [0.25, 0.3) is 0 Å². The fourth-order valence-corrected chi connectivity index (χ4v) is 3.20. The number of hydrogen-bond acceptors (Lipinski definition) is 3. The Bertz CT molecular complexity index is 548. The van der Waals surface area contributed by atoms with Crippen molar-refractivity contribution in [1.82, 2.24) is 0 Å². The molecule has 1 saturated carbocycles. The first-order valence-corrected chi connectivity index (χ1v) is 8.29. The van der Waals surface area contributed by atoms with E-state index in [2.05, 4.69) is 4.99 Å². The van der Waals surface area contributed by atoms with Crippen molar-refractivity contribution in [3.05, 3.63) is 34.9 Å². The summed E-state index contributed by atoms with van der Waals surface area (Å²) >= 11 is 6.33. The Morgan fingerprint density at radius 1 is 1.30 bits per heavy atom. The summed E-state index contributed by atoms with van der Waals surface area (Å²) in [5.41, 5.74) is 2.09. The molecule has 23 heavy (non-hydrogen) atoms. The second-order valence-corrected chi connectivity index (χ2v) is 6.51. The minimum absolute atomic E-state index is 0. The van der Waals surface area contributed by atoms with Crippen molar-refractivity contribution in [1.29, 1.82) is 0 Å². The van der Waals surface area contributed by atoms with Crippen LogP contribution in [0.25, 0.3) is 0 Å². The van der Waals surface area contributed by atoms with E-state index in [0.717, 1.165) is 42.0 Å². The predicted octanol–water partition coefficient (Wildman–Crippen LogP) is 0.938. The number of aliphatic hydroxyl groups excluding tert-OH is 1. The van der Waals surface area contributed by atoms with Crippen molar-refractivity contribution in [2.24, 2.45) is 10.9 Å². The van der Waals surface area contributed by atoms with Crippen LogP contribution in [0.3, 0.4) is 0 Å². The zero-order valence-corrected chi connectivity index (χ0v) is 16.9. The maximum absolute atomic E-state index is 11.3. The van der Waals surface area contributed by atoms with Crippen molar-refractivity contribution < 1.29 is 39.5 Å². The van der Waals surface area contributed by atoms with Gasteiger partial charge in [-0.15, -0.1) is 0 Å². The summed E-state index contributed by atoms with van der Waals surface area (Å²) in [6, 6.07) is 7.22. The summed E-state index contributed by atoms with van der Waals surface area (Å²) in [6.45, 7) is 3.51. The van der Waals surface area contributed by atoms with Crippen LogP contribution in [-0.2, 0) is 4.79 Å². The minimum Gasteiger partial charge on any atom is -0.540 e. The zero-order valence-electron chi connectivity index (χ0n) is 14.1. The van der Waals surface area contributed by atoms with Crippen LogP contribution in [0.1, 0.15) is 51.0 Å². The van der Waals surface area contributed by atoms with Gasteiger partial charge >= 0.3 is 29.6 Å². The number of halogens is 1. The normalized spacial score (nSPS) is 23.7. The first-order chi connectivity index (χ1) is 10.5. The number of benzene rings is 1. The van der Waals surface area contributed by atoms with Gasteiger partial charge in [-0.25, -0.2) is 6.29 Å². The molecule has 0 aromatic heterocycles. The van der Waals surface area contributed by atoms with Gasteiger partial charge in [0.1, 0.15) is 0 Å². The van der Waals surface area contributed by atoms with Crippen LogP contribution in [-0.4, -0.2) is 29.3 Å². The second kappa shape index (κ2) is 9.95. The topological polar surface area (TPSA) is 49.7 Å². The molecule has 0 spiro atoms. The van der Waals surface area contributed by atoms with Gasteiger partial charge in [-0.05, 0) is 49.8 Å². The van der Waals surface area contributed by atoms with E-state index in [4.69, 9.17) is 11.6 Å². The summed E-state index contributed by atoms with van der Waals surface area (Å²) in [7, 11) is 0. The summed E-state index contributed by atoms with van der Waals surface area (Å²) < 4.78 is 0. The standard InChI is InChI=1S/C18H23ClNO2.Na/c1-12(13(2)22)18(11-21)20-17-10-6-4-8-15(17)14-7-3-5-9-16(14)19;/h3,5,7,9,12-13,15,18,22H,4,6,8,10H2,1-2H3;/q-1;+1. The molecule has 1 aromatic rings. The van der Waals surface area contributed by atoms with Gasteiger partial charge in [0.2, 0.25) is 0 Å². The molecule has 1 aliphatic carbocycles. The SMILES string of the molecule is CC(O)C(C)C([C-]=O)N=C1CCCCC1c1ccccc1Cl.[Na+]. The molecule has 120 valence electrons. The first kappa shape index (κ1) is 20.9. The molecule has 4 atom stereocenters. The summed E-state index contributed by atoms with van der Waals surface area (Å²) in [5, 5.41) is 10.5. The third-order valence-corrected chi connectivity index (χ3v) is 4.89. The van der Waals surface area contributed by atoms with Crippen molar-refractivity contribution in [3.63, 3.8) is 0 Å². The fraction of sp³-hybridized carbons (Fsp3) is 0.556. The van der Waals surface area contributed by atoms with Gasteiger partial charge in [-0.3, -0.25) is 0 Å². The molecule has 1 fully saturated rings. The summed E-state index contributed by atoms with van der Waals surface area (Å²) in [5.74, 6) is -0.0710. The summed E-state index contributed by atoms with van der Waals surface area (Å²) in [4.78, 5) is 15.9. The van der Waals surface area contributed by atoms with Crippen LogP contribution in [0.2, 0.25) is 5.02 Å². The van der Waals surface area contributed by atoms with Crippen molar-refractivity contribution in [2.45, 2.75) is 57.6 Å². The van der Waals surface area contributed by atoms with E-state index < -0.39 is 12.1 Å². The quantitative estimate of drug-likeness (QED) is 0.639. The van der Waals surface area contributed by atoms with E-state index in [1.165, 1.54) is 0 Å². The summed E-state index contributed by atoms with van der Waals surface area (Å²) in [6.07, 6.45) is 5.49. The van der Waals surface area contributed by atoms with Crippen molar-refractivity contribution in [2.75, 3.05) is 0 Å². The Morgan fingerprint density at radius 2 is 2.00 bits per heavy atom. The number of aliphatic imine (C=N–C) groups is 1. The maximum atomic E-state index is 11.3. The number of aliphatic hydroxyl groups is 1. The number of hydrogen-bond donors (Lipinski definition) is 1. The molecule has 5 heteroatoms. The molecule has 0 amide bonds. The van der Waals surface area contributed by atoms with Gasteiger partial charge in [0.05, 0.1) is 6.10 Å². The van der Waals surface area contributed by atoms with E-state index in [1.54, 1.807) is 6.92 Å². The second-order valence-electron chi connectivity index (χ2n) is 6.10. The van der Waals surface area contributed by atoms with E-state index >= 15 is 0 Å². The van der Waals surface area contributed by atoms with Crippen LogP contribution < -0.4 is 29.6 Å². The van der Waals surface area contributed by atoms with Gasteiger partial charge in [-0.1, -0.05) is 43.1 Å². The van der Waals surface area contributed by atoms with E-state index in [0.29, 0.717) is 0 Å². The number of nitrogens with zero attached hydrogens (tertiary/aromatic N) is 1. The molecule has 0 heterocycles. The van der Waals surface area contributed by atoms with Gasteiger partial charge in [0, 0.05) is 16.7 Å². The average molecular weight is 344 g/mol. The first-order valence-electron chi connectivity index (χ1n) is 7.91. The van der Waals surface area contributed by atoms with Crippen LogP contribution in [0.15, 0.2) is 29.3 Å². The molecule has 4 unspecified atom stereocenters. The van der Waals surface area contributed by atoms with Crippen LogP contribution in [0.4, 0.5) is 0 Å². The molecule has 0 aliphatic heterocycles. The largest absolute Gasteiger partial charge is 1.00 e. The number of carbonyl (C=O) groups excluding carboxylic acids is 1. The minimum atomic E-state index is -0.613. The Labute approximate surface area is 165 Å². The Balaban J connectivity index is 0.00000264. The van der Waals surface area contributed by atoms with E-state index in [1.807, 2.05) is 37.5 Å². The molecule has 1 aliphatic rings. The third-order valence-electron chi connectivity index (χ3n) is 4.54. The molecule has 2 rings (SSSR count). The third kappa shape index (κ3) is 5.40. The van der Waals surface area contributed by atoms with Crippen LogP contribution in [0.5, 0.6) is 0 Å². The Morgan fingerprint density at radius 3 is 2.61 bits per heavy atom. The average Bonchev–Trinajstić information content (AvgIpc) is 2.53. The monoisotopic (exact) mass is 343 g/mol. The van der Waals surface area contributed by atoms with Gasteiger partial charge in [-0.2, -0.15) is 0 Å². The van der Waals surface area contributed by atoms with Gasteiger partial charge in [0.15, 0.2) is 0 Å². The van der Waals surface area contributed by atoms with E-state index in [9.17, 15) is 9.90 Å². The van der Waals surface area contributed by atoms with Crippen molar-refractivity contribution >= 4 is 23.6 Å². The molecule has 0 saturated heterocycles. The van der Waals surface area contributed by atoms with Gasteiger partial charge < -0.3 is 14.9 Å². The fourth-order valence-electron chi connectivity index (χ4n) is 2.94. The van der Waals surface area contributed by atoms with E-state index in [-0.39, 0.29) is 41.4 Å². The van der Waals surface area contributed by atoms with Crippen LogP contribution in [0, 0.1) is 5.92 Å². The molecular weight excluding hydrogens is 321 g/mol. The molecule has 0 bridgehead atoms. The predicted molar refractivity (Wildman–Crippen MR) is 90.4 cm³/mol. The molecular formula is C18H23ClNNaO2. The maximum Gasteiger partial charge on any atom is 1.00 e. The number of rotatable bonds is 5.